The van der Waals surface area contributed by atoms with Gasteiger partial charge in [-0.05, 0) is 36.5 Å². The van der Waals surface area contributed by atoms with Gasteiger partial charge in [0.1, 0.15) is 11.6 Å². The summed E-state index contributed by atoms with van der Waals surface area (Å²) < 4.78 is 24.7. The summed E-state index contributed by atoms with van der Waals surface area (Å²) in [6.07, 6.45) is 4.33. The fourth-order valence-electron chi connectivity index (χ4n) is 2.97. The molecule has 1 aromatic rings. The maximum absolute atomic E-state index is 13.1. The Bertz CT molecular complexity index is 515. The Kier molecular flexibility index (Phi) is 6.51. The summed E-state index contributed by atoms with van der Waals surface area (Å²) in [5.41, 5.74) is 0.884. The predicted octanol–water partition coefficient (Wildman–Crippen LogP) is 1.91. The van der Waals surface area contributed by atoms with Crippen molar-refractivity contribution < 1.29 is 18.5 Å². The molecular formula is C16H22FNO3S. The molecule has 6 heteroatoms. The van der Waals surface area contributed by atoms with Gasteiger partial charge in [0.2, 0.25) is 5.91 Å². The van der Waals surface area contributed by atoms with Crippen LogP contribution in [0, 0.1) is 11.7 Å². The largest absolute Gasteiger partial charge is 0.395 e. The Morgan fingerprint density at radius 1 is 1.32 bits per heavy atom. The second kappa shape index (κ2) is 8.39. The van der Waals surface area contributed by atoms with E-state index in [0.29, 0.717) is 5.92 Å². The molecule has 2 N–H and O–H groups in total. The lowest BCUT2D eigenvalue weighted by atomic mass is 9.91. The highest BCUT2D eigenvalue weighted by Gasteiger charge is 2.28. The molecule has 0 bridgehead atoms. The normalized spacial score (nSPS) is 18.1. The van der Waals surface area contributed by atoms with Gasteiger partial charge in [0.15, 0.2) is 0 Å². The fraction of sp³-hybridized carbons (Fsp3) is 0.562. The van der Waals surface area contributed by atoms with E-state index >= 15 is 0 Å². The minimum Gasteiger partial charge on any atom is -0.395 e. The average molecular weight is 327 g/mol. The van der Waals surface area contributed by atoms with E-state index in [2.05, 4.69) is 5.32 Å². The van der Waals surface area contributed by atoms with Crippen LogP contribution < -0.4 is 5.32 Å². The number of rotatable bonds is 7. The number of carbonyl (C=O) groups is 1. The van der Waals surface area contributed by atoms with Gasteiger partial charge in [-0.1, -0.05) is 25.0 Å². The van der Waals surface area contributed by atoms with E-state index < -0.39 is 10.8 Å². The standard InChI is InChI=1S/C16H22FNO3S/c17-14-7-5-13(6-8-14)16(12-3-1-2-4-12)18-15(20)11-22(21)10-9-19/h5-8,12,16,19H,1-4,9-11H2,(H,18,20). The van der Waals surface area contributed by atoms with Gasteiger partial charge < -0.3 is 10.4 Å². The van der Waals surface area contributed by atoms with E-state index in [1.807, 2.05) is 0 Å². The zero-order valence-corrected chi connectivity index (χ0v) is 13.3. The highest BCUT2D eigenvalue weighted by Crippen LogP contribution is 2.35. The zero-order chi connectivity index (χ0) is 15.9. The molecule has 1 saturated carbocycles. The number of hydrogen-bond acceptors (Lipinski definition) is 3. The molecule has 122 valence electrons. The fourth-order valence-corrected chi connectivity index (χ4v) is 3.69. The molecule has 1 amide bonds. The van der Waals surface area contributed by atoms with E-state index in [-0.39, 0.29) is 35.9 Å². The number of benzene rings is 1. The Morgan fingerprint density at radius 2 is 1.95 bits per heavy atom. The summed E-state index contributed by atoms with van der Waals surface area (Å²) in [4.78, 5) is 12.1. The van der Waals surface area contributed by atoms with Crippen molar-refractivity contribution in [3.63, 3.8) is 0 Å². The molecule has 1 aromatic carbocycles. The quantitative estimate of drug-likeness (QED) is 0.804. The summed E-state index contributed by atoms with van der Waals surface area (Å²) in [5.74, 6) is -0.249. The maximum Gasteiger partial charge on any atom is 0.233 e. The van der Waals surface area contributed by atoms with Crippen LogP contribution in [0.4, 0.5) is 4.39 Å². The zero-order valence-electron chi connectivity index (χ0n) is 12.5. The van der Waals surface area contributed by atoms with Gasteiger partial charge in [0.25, 0.3) is 0 Å². The highest BCUT2D eigenvalue weighted by atomic mass is 32.2. The van der Waals surface area contributed by atoms with Crippen molar-refractivity contribution in [3.05, 3.63) is 35.6 Å². The minimum absolute atomic E-state index is 0.106. The second-order valence-electron chi connectivity index (χ2n) is 5.65. The second-order valence-corrected chi connectivity index (χ2v) is 7.23. The molecule has 2 atom stereocenters. The van der Waals surface area contributed by atoms with Crippen molar-refractivity contribution in [2.75, 3.05) is 18.1 Å². The van der Waals surface area contributed by atoms with Crippen LogP contribution in [0.2, 0.25) is 0 Å². The topological polar surface area (TPSA) is 66.4 Å². The average Bonchev–Trinajstić information content (AvgIpc) is 3.00. The molecule has 0 radical (unpaired) electrons. The van der Waals surface area contributed by atoms with Crippen molar-refractivity contribution in [1.29, 1.82) is 0 Å². The summed E-state index contributed by atoms with van der Waals surface area (Å²) in [6.45, 7) is -0.191. The molecule has 0 spiro atoms. The molecule has 2 rings (SSSR count). The maximum atomic E-state index is 13.1. The van der Waals surface area contributed by atoms with Crippen LogP contribution in [0.5, 0.6) is 0 Å². The molecule has 0 aliphatic heterocycles. The Labute approximate surface area is 132 Å². The lowest BCUT2D eigenvalue weighted by Crippen LogP contribution is -2.36. The van der Waals surface area contributed by atoms with Crippen LogP contribution in [0.25, 0.3) is 0 Å². The van der Waals surface area contributed by atoms with Gasteiger partial charge in [0.05, 0.1) is 12.6 Å². The van der Waals surface area contributed by atoms with Crippen LogP contribution in [0.3, 0.4) is 0 Å². The van der Waals surface area contributed by atoms with Crippen LogP contribution >= 0.6 is 0 Å². The summed E-state index contributed by atoms with van der Waals surface area (Å²) >= 11 is 0. The lowest BCUT2D eigenvalue weighted by molar-refractivity contribution is -0.119. The molecule has 4 nitrogen and oxygen atoms in total. The molecule has 1 fully saturated rings. The molecule has 1 aliphatic carbocycles. The van der Waals surface area contributed by atoms with Gasteiger partial charge in [-0.2, -0.15) is 0 Å². The number of hydrogen-bond donors (Lipinski definition) is 2. The number of aliphatic hydroxyl groups is 1. The number of amides is 1. The molecular weight excluding hydrogens is 305 g/mol. The van der Waals surface area contributed by atoms with Gasteiger partial charge in [-0.25, -0.2) is 4.39 Å². The third kappa shape index (κ3) is 4.88. The molecule has 22 heavy (non-hydrogen) atoms. The number of halogens is 1. The number of nitrogens with one attached hydrogen (secondary N) is 1. The molecule has 0 aromatic heterocycles. The summed E-state index contributed by atoms with van der Waals surface area (Å²) in [6, 6.07) is 6.02. The predicted molar refractivity (Wildman–Crippen MR) is 84.2 cm³/mol. The monoisotopic (exact) mass is 327 g/mol. The first kappa shape index (κ1) is 17.1. The SMILES string of the molecule is O=C(CS(=O)CCO)NC(c1ccc(F)cc1)C1CCCC1. The van der Waals surface area contributed by atoms with E-state index in [1.165, 1.54) is 12.1 Å². The molecule has 0 heterocycles. The minimum atomic E-state index is -1.35. The van der Waals surface area contributed by atoms with Crippen molar-refractivity contribution in [2.24, 2.45) is 5.92 Å². The third-order valence-corrected chi connectivity index (χ3v) is 5.25. The third-order valence-electron chi connectivity index (χ3n) is 4.03. The summed E-state index contributed by atoms with van der Waals surface area (Å²) in [5, 5.41) is 11.7. The summed E-state index contributed by atoms with van der Waals surface area (Å²) in [7, 11) is -1.35. The molecule has 2 unspecified atom stereocenters. The Balaban J connectivity index is 2.06. The van der Waals surface area contributed by atoms with E-state index in [9.17, 15) is 13.4 Å². The van der Waals surface area contributed by atoms with E-state index in [1.54, 1.807) is 12.1 Å². The molecule has 0 saturated heterocycles. The number of carbonyl (C=O) groups excluding carboxylic acids is 1. The van der Waals surface area contributed by atoms with Crippen molar-refractivity contribution in [1.82, 2.24) is 5.32 Å². The Morgan fingerprint density at radius 3 is 2.55 bits per heavy atom. The van der Waals surface area contributed by atoms with Gasteiger partial charge in [0, 0.05) is 16.6 Å². The van der Waals surface area contributed by atoms with Gasteiger partial charge in [-0.3, -0.25) is 9.00 Å². The molecule has 1 aliphatic rings. The van der Waals surface area contributed by atoms with Crippen LogP contribution in [-0.2, 0) is 15.6 Å². The number of aliphatic hydroxyl groups excluding tert-OH is 1. The van der Waals surface area contributed by atoms with Crippen LogP contribution in [-0.4, -0.2) is 33.3 Å². The van der Waals surface area contributed by atoms with Crippen molar-refractivity contribution >= 4 is 16.7 Å². The first-order chi connectivity index (χ1) is 10.6. The van der Waals surface area contributed by atoms with Gasteiger partial charge >= 0.3 is 0 Å². The van der Waals surface area contributed by atoms with Crippen molar-refractivity contribution in [3.8, 4) is 0 Å². The Hall–Kier alpha value is -1.27. The first-order valence-corrected chi connectivity index (χ1v) is 9.09. The van der Waals surface area contributed by atoms with Crippen LogP contribution in [0.15, 0.2) is 24.3 Å². The van der Waals surface area contributed by atoms with Crippen molar-refractivity contribution in [2.45, 2.75) is 31.7 Å². The lowest BCUT2D eigenvalue weighted by Gasteiger charge is -2.25. The van der Waals surface area contributed by atoms with Crippen LogP contribution in [0.1, 0.15) is 37.3 Å². The highest BCUT2D eigenvalue weighted by molar-refractivity contribution is 7.85. The van der Waals surface area contributed by atoms with E-state index in [4.69, 9.17) is 5.11 Å². The smallest absolute Gasteiger partial charge is 0.233 e. The first-order valence-electron chi connectivity index (χ1n) is 7.61. The van der Waals surface area contributed by atoms with Gasteiger partial charge in [-0.15, -0.1) is 0 Å². The van der Waals surface area contributed by atoms with E-state index in [0.717, 1.165) is 31.2 Å².